The van der Waals surface area contributed by atoms with Crippen LogP contribution in [0, 0.1) is 11.8 Å². The van der Waals surface area contributed by atoms with Gasteiger partial charge in [0, 0.05) is 16.4 Å². The Morgan fingerprint density at radius 2 is 2.11 bits per heavy atom. The van der Waals surface area contributed by atoms with Crippen LogP contribution in [-0.2, 0) is 4.79 Å². The summed E-state index contributed by atoms with van der Waals surface area (Å²) in [5.41, 5.74) is 1.27. The number of halogens is 1. The van der Waals surface area contributed by atoms with E-state index in [1.54, 1.807) is 0 Å². The summed E-state index contributed by atoms with van der Waals surface area (Å²) in [5, 5.41) is 3.17. The van der Waals surface area contributed by atoms with Gasteiger partial charge in [-0.25, -0.2) is 0 Å². The van der Waals surface area contributed by atoms with Crippen LogP contribution in [0.15, 0.2) is 28.7 Å². The lowest BCUT2D eigenvalue weighted by Crippen LogP contribution is -2.35. The number of nitrogens with one attached hydrogen (secondary N) is 1. The Kier molecular flexibility index (Phi) is 3.18. The molecule has 0 aromatic heterocycles. The lowest BCUT2D eigenvalue weighted by molar-refractivity contribution is -0.123. The first-order chi connectivity index (χ1) is 8.66. The minimum Gasteiger partial charge on any atom is -0.353 e. The molecule has 1 aromatic carbocycles. The van der Waals surface area contributed by atoms with E-state index in [9.17, 15) is 4.79 Å². The predicted octanol–water partition coefficient (Wildman–Crippen LogP) is 3.47. The van der Waals surface area contributed by atoms with Crippen LogP contribution in [0.5, 0.6) is 0 Å². The van der Waals surface area contributed by atoms with Crippen LogP contribution in [0.25, 0.3) is 0 Å². The van der Waals surface area contributed by atoms with Crippen LogP contribution in [0.2, 0.25) is 0 Å². The molecule has 2 aliphatic rings. The van der Waals surface area contributed by atoms with Crippen molar-refractivity contribution in [2.75, 3.05) is 0 Å². The molecule has 1 amide bonds. The smallest absolute Gasteiger partial charge is 0.223 e. The highest BCUT2D eigenvalue weighted by Gasteiger charge is 2.45. The first kappa shape index (κ1) is 12.2. The molecule has 18 heavy (non-hydrogen) atoms. The molecule has 96 valence electrons. The van der Waals surface area contributed by atoms with Gasteiger partial charge < -0.3 is 5.32 Å². The number of carbonyl (C=O) groups is 1. The molecule has 1 N–H and O–H groups in total. The normalized spacial score (nSPS) is 27.7. The van der Waals surface area contributed by atoms with Crippen LogP contribution in [0.3, 0.4) is 0 Å². The van der Waals surface area contributed by atoms with Crippen LogP contribution in [0.1, 0.15) is 37.7 Å². The Bertz CT molecular complexity index is 469. The molecule has 3 rings (SSSR count). The van der Waals surface area contributed by atoms with E-state index in [1.807, 2.05) is 12.1 Å². The van der Waals surface area contributed by atoms with Gasteiger partial charge in [-0.1, -0.05) is 34.1 Å². The number of hydrogen-bond acceptors (Lipinski definition) is 1. The van der Waals surface area contributed by atoms with Gasteiger partial charge in [-0.15, -0.1) is 0 Å². The van der Waals surface area contributed by atoms with Gasteiger partial charge in [-0.05, 0) is 49.7 Å². The lowest BCUT2D eigenvalue weighted by Gasteiger charge is -2.12. The number of rotatable bonds is 4. The fourth-order valence-electron chi connectivity index (χ4n) is 2.65. The van der Waals surface area contributed by atoms with Crippen molar-refractivity contribution in [1.82, 2.24) is 5.32 Å². The number of benzene rings is 1. The van der Waals surface area contributed by atoms with Crippen LogP contribution < -0.4 is 5.32 Å². The maximum Gasteiger partial charge on any atom is 0.223 e. The predicted molar refractivity (Wildman–Crippen MR) is 75.3 cm³/mol. The molecule has 3 heteroatoms. The maximum absolute atomic E-state index is 12.1. The van der Waals surface area contributed by atoms with Gasteiger partial charge in [-0.3, -0.25) is 4.79 Å². The van der Waals surface area contributed by atoms with Gasteiger partial charge in [0.2, 0.25) is 5.91 Å². The van der Waals surface area contributed by atoms with E-state index in [0.717, 1.165) is 16.8 Å². The summed E-state index contributed by atoms with van der Waals surface area (Å²) in [6, 6.07) is 8.58. The van der Waals surface area contributed by atoms with E-state index in [0.29, 0.717) is 12.0 Å². The fraction of sp³-hybridized carbons (Fsp3) is 0.533. The van der Waals surface area contributed by atoms with E-state index in [1.165, 1.54) is 18.4 Å². The zero-order valence-corrected chi connectivity index (χ0v) is 12.1. The first-order valence-electron chi connectivity index (χ1n) is 6.71. The average Bonchev–Trinajstić information content (AvgIpc) is 3.22. The molecule has 0 bridgehead atoms. The summed E-state index contributed by atoms with van der Waals surface area (Å²) in [6.07, 6.45) is 3.55. The molecular formula is C15H18BrNO. The van der Waals surface area contributed by atoms with Crippen LogP contribution in [0.4, 0.5) is 0 Å². The van der Waals surface area contributed by atoms with Crippen molar-refractivity contribution in [3.05, 3.63) is 34.3 Å². The molecule has 0 heterocycles. The van der Waals surface area contributed by atoms with Gasteiger partial charge >= 0.3 is 0 Å². The Hall–Kier alpha value is -0.830. The Morgan fingerprint density at radius 1 is 1.39 bits per heavy atom. The monoisotopic (exact) mass is 307 g/mol. The van der Waals surface area contributed by atoms with Crippen molar-refractivity contribution in [1.29, 1.82) is 0 Å². The summed E-state index contributed by atoms with van der Waals surface area (Å²) in [6.45, 7) is 2.13. The summed E-state index contributed by atoms with van der Waals surface area (Å²) in [5.74, 6) is 1.57. The highest BCUT2D eigenvalue weighted by molar-refractivity contribution is 9.10. The number of amides is 1. The SMILES string of the molecule is C[C@H](NC(=O)[C@H]1C[C@@H]1c1ccccc1Br)C1CC1. The zero-order chi connectivity index (χ0) is 12.7. The Balaban J connectivity index is 1.60. The third-order valence-corrected chi connectivity index (χ3v) is 4.85. The Morgan fingerprint density at radius 3 is 2.78 bits per heavy atom. The van der Waals surface area contributed by atoms with Crippen molar-refractivity contribution < 1.29 is 4.79 Å². The molecule has 2 aliphatic carbocycles. The molecule has 0 radical (unpaired) electrons. The Labute approximate surface area is 116 Å². The second-order valence-electron chi connectivity index (χ2n) is 5.60. The van der Waals surface area contributed by atoms with Crippen molar-refractivity contribution in [3.63, 3.8) is 0 Å². The largest absolute Gasteiger partial charge is 0.353 e. The molecule has 0 aliphatic heterocycles. The lowest BCUT2D eigenvalue weighted by atomic mass is 10.1. The minimum atomic E-state index is 0.185. The first-order valence-corrected chi connectivity index (χ1v) is 7.51. The van der Waals surface area contributed by atoms with Crippen molar-refractivity contribution in [3.8, 4) is 0 Å². The molecule has 2 saturated carbocycles. The average molecular weight is 308 g/mol. The third kappa shape index (κ3) is 2.46. The van der Waals surface area contributed by atoms with Crippen LogP contribution >= 0.6 is 15.9 Å². The minimum absolute atomic E-state index is 0.185. The molecule has 2 nitrogen and oxygen atoms in total. The zero-order valence-electron chi connectivity index (χ0n) is 10.5. The molecule has 2 fully saturated rings. The maximum atomic E-state index is 12.1. The topological polar surface area (TPSA) is 29.1 Å². The van der Waals surface area contributed by atoms with Gasteiger partial charge in [0.15, 0.2) is 0 Å². The molecule has 0 spiro atoms. The van der Waals surface area contributed by atoms with Crippen molar-refractivity contribution in [2.24, 2.45) is 11.8 Å². The van der Waals surface area contributed by atoms with E-state index in [2.05, 4.69) is 40.3 Å². The third-order valence-electron chi connectivity index (χ3n) is 4.13. The summed E-state index contributed by atoms with van der Waals surface area (Å²) < 4.78 is 1.13. The van der Waals surface area contributed by atoms with Gasteiger partial charge in [0.1, 0.15) is 0 Å². The van der Waals surface area contributed by atoms with Crippen LogP contribution in [-0.4, -0.2) is 11.9 Å². The quantitative estimate of drug-likeness (QED) is 0.906. The highest BCUT2D eigenvalue weighted by Crippen LogP contribution is 2.49. The van der Waals surface area contributed by atoms with E-state index >= 15 is 0 Å². The molecule has 0 saturated heterocycles. The van der Waals surface area contributed by atoms with Crippen molar-refractivity contribution in [2.45, 2.75) is 38.1 Å². The second-order valence-corrected chi connectivity index (χ2v) is 6.46. The summed E-state index contributed by atoms with van der Waals surface area (Å²) in [4.78, 5) is 12.1. The number of carbonyl (C=O) groups excluding carboxylic acids is 1. The van der Waals surface area contributed by atoms with Gasteiger partial charge in [-0.2, -0.15) is 0 Å². The molecule has 3 atom stereocenters. The second kappa shape index (κ2) is 4.69. The van der Waals surface area contributed by atoms with Crippen molar-refractivity contribution >= 4 is 21.8 Å². The molecular weight excluding hydrogens is 290 g/mol. The summed E-state index contributed by atoms with van der Waals surface area (Å²) >= 11 is 3.57. The standard InChI is InChI=1S/C15H18BrNO/c1-9(10-6-7-10)17-15(18)13-8-12(13)11-4-2-3-5-14(11)16/h2-5,9-10,12-13H,6-8H2,1H3,(H,17,18)/t9-,12+,13-/m0/s1. The van der Waals surface area contributed by atoms with E-state index in [4.69, 9.17) is 0 Å². The van der Waals surface area contributed by atoms with Gasteiger partial charge in [0.05, 0.1) is 0 Å². The molecule has 0 unspecified atom stereocenters. The van der Waals surface area contributed by atoms with Gasteiger partial charge in [0.25, 0.3) is 0 Å². The number of hydrogen-bond donors (Lipinski definition) is 1. The summed E-state index contributed by atoms with van der Waals surface area (Å²) in [7, 11) is 0. The molecule has 1 aromatic rings. The highest BCUT2D eigenvalue weighted by atomic mass is 79.9. The van der Waals surface area contributed by atoms with E-state index < -0.39 is 0 Å². The fourth-order valence-corrected chi connectivity index (χ4v) is 3.23. The van der Waals surface area contributed by atoms with E-state index in [-0.39, 0.29) is 11.8 Å².